The molecule has 5 heterocycles. The van der Waals surface area contributed by atoms with Crippen LogP contribution in [0.25, 0.3) is 22.1 Å². The van der Waals surface area contributed by atoms with E-state index in [4.69, 9.17) is 9.40 Å². The topological polar surface area (TPSA) is 65.4 Å². The molecule has 3 saturated heterocycles. The molecule has 2 bridgehead atoms. The van der Waals surface area contributed by atoms with Crippen molar-refractivity contribution in [3.05, 3.63) is 38.9 Å². The van der Waals surface area contributed by atoms with Crippen molar-refractivity contribution in [1.82, 2.24) is 19.8 Å². The Bertz CT molecular complexity index is 1030. The number of nitrogens with one attached hydrogen (secondary N) is 1. The third-order valence-electron chi connectivity index (χ3n) is 5.60. The van der Waals surface area contributed by atoms with Crippen molar-refractivity contribution in [3.63, 3.8) is 0 Å². The average molecular weight is 403 g/mol. The lowest BCUT2D eigenvalue weighted by molar-refractivity contribution is -0.0123. The fraction of sp³-hybridized carbons (Fsp3) is 0.444. The summed E-state index contributed by atoms with van der Waals surface area (Å²) < 4.78 is 6.65. The van der Waals surface area contributed by atoms with Crippen LogP contribution in [0.2, 0.25) is 0 Å². The number of hydrogen-bond donors (Lipinski definition) is 1. The van der Waals surface area contributed by atoms with E-state index in [0.29, 0.717) is 35.3 Å². The molecule has 2 aromatic heterocycles. The quantitative estimate of drug-likeness (QED) is 0.713. The number of fused-ring (bicyclic) bond motifs is 6. The van der Waals surface area contributed by atoms with E-state index in [9.17, 15) is 4.79 Å². The summed E-state index contributed by atoms with van der Waals surface area (Å²) in [4.78, 5) is 25.0. The van der Waals surface area contributed by atoms with Gasteiger partial charge in [-0.3, -0.25) is 9.69 Å². The van der Waals surface area contributed by atoms with Crippen molar-refractivity contribution in [2.45, 2.75) is 31.5 Å². The van der Waals surface area contributed by atoms with E-state index >= 15 is 0 Å². The molecule has 3 fully saturated rings. The zero-order valence-corrected chi connectivity index (χ0v) is 15.5. The summed E-state index contributed by atoms with van der Waals surface area (Å²) in [6, 6.07) is 6.88. The summed E-state index contributed by atoms with van der Waals surface area (Å²) in [6.07, 6.45) is 2.49. The number of H-pyrrole nitrogens is 1. The predicted molar refractivity (Wildman–Crippen MR) is 99.7 cm³/mol. The second-order valence-electron chi connectivity index (χ2n) is 7.19. The smallest absolute Gasteiger partial charge is 0.294 e. The van der Waals surface area contributed by atoms with Crippen LogP contribution >= 0.6 is 15.9 Å². The van der Waals surface area contributed by atoms with E-state index in [1.807, 2.05) is 18.2 Å². The molecule has 7 heteroatoms. The molecule has 3 aliphatic rings. The van der Waals surface area contributed by atoms with Gasteiger partial charge in [0, 0.05) is 35.0 Å². The van der Waals surface area contributed by atoms with Gasteiger partial charge in [0.2, 0.25) is 5.58 Å². The Morgan fingerprint density at radius 3 is 2.92 bits per heavy atom. The molecule has 0 unspecified atom stereocenters. The largest absolute Gasteiger partial charge is 0.449 e. The molecule has 1 N–H and O–H groups in total. The summed E-state index contributed by atoms with van der Waals surface area (Å²) in [7, 11) is 2.20. The third-order valence-corrected chi connectivity index (χ3v) is 6.10. The first-order valence-electron chi connectivity index (χ1n) is 8.64. The number of hydrogen-bond acceptors (Lipinski definition) is 5. The minimum Gasteiger partial charge on any atom is -0.449 e. The van der Waals surface area contributed by atoms with Crippen LogP contribution in [0.3, 0.4) is 0 Å². The summed E-state index contributed by atoms with van der Waals surface area (Å²) >= 11 is 3.48. The molecule has 25 heavy (non-hydrogen) atoms. The zero-order chi connectivity index (χ0) is 17.1. The van der Waals surface area contributed by atoms with Crippen molar-refractivity contribution in [2.24, 2.45) is 0 Å². The molecule has 0 aliphatic carbocycles. The minimum atomic E-state index is -0.202. The van der Waals surface area contributed by atoms with E-state index in [1.54, 1.807) is 0 Å². The molecular formula is C18H19BrN4O2. The minimum absolute atomic E-state index is 0.202. The van der Waals surface area contributed by atoms with Crippen LogP contribution in [0, 0.1) is 0 Å². The number of benzene rings is 1. The summed E-state index contributed by atoms with van der Waals surface area (Å²) in [5.41, 5.74) is 1.43. The van der Waals surface area contributed by atoms with Crippen LogP contribution in [0.4, 0.5) is 0 Å². The molecule has 1 aromatic carbocycles. The summed E-state index contributed by atoms with van der Waals surface area (Å²) in [5, 5.41) is 0.872. The average Bonchev–Trinajstić information content (AvgIpc) is 2.95. The molecule has 6 rings (SSSR count). The van der Waals surface area contributed by atoms with Crippen LogP contribution in [-0.4, -0.2) is 52.0 Å². The maximum absolute atomic E-state index is 12.5. The Morgan fingerprint density at radius 2 is 2.16 bits per heavy atom. The monoisotopic (exact) mass is 402 g/mol. The first kappa shape index (κ1) is 15.5. The Balaban J connectivity index is 1.55. The van der Waals surface area contributed by atoms with Crippen LogP contribution in [0.5, 0.6) is 0 Å². The second-order valence-corrected chi connectivity index (χ2v) is 8.10. The first-order chi connectivity index (χ1) is 12.1. The molecule has 0 radical (unpaired) electrons. The number of likely N-dealkylation sites (N-methyl/N-ethyl adjacent to an activating group) is 1. The van der Waals surface area contributed by atoms with E-state index in [-0.39, 0.29) is 5.56 Å². The Hall–Kier alpha value is -1.70. The normalized spacial score (nSPS) is 24.6. The van der Waals surface area contributed by atoms with Gasteiger partial charge in [0.25, 0.3) is 5.56 Å². The van der Waals surface area contributed by atoms with Crippen molar-refractivity contribution < 1.29 is 4.42 Å². The zero-order valence-electron chi connectivity index (χ0n) is 14.0. The molecule has 0 amide bonds. The SMILES string of the molecule is CN1C[C@@H]2CC[C@@H]1CN2Cc1nc2c(oc3ccc(Br)cc32)c(=O)[nH]1. The predicted octanol–water partition coefficient (Wildman–Crippen LogP) is 2.71. The molecule has 0 spiro atoms. The lowest BCUT2D eigenvalue weighted by Crippen LogP contribution is -2.60. The highest BCUT2D eigenvalue weighted by atomic mass is 79.9. The fourth-order valence-corrected chi connectivity index (χ4v) is 4.62. The van der Waals surface area contributed by atoms with Crippen LogP contribution in [0.15, 0.2) is 31.9 Å². The molecule has 2 atom stereocenters. The number of nitrogens with zero attached hydrogens (tertiary/aromatic N) is 3. The molecule has 3 aliphatic heterocycles. The van der Waals surface area contributed by atoms with Crippen LogP contribution in [0.1, 0.15) is 18.7 Å². The van der Waals surface area contributed by atoms with Gasteiger partial charge < -0.3 is 14.3 Å². The Labute approximate surface area is 152 Å². The van der Waals surface area contributed by atoms with Crippen LogP contribution < -0.4 is 5.56 Å². The summed E-state index contributed by atoms with van der Waals surface area (Å²) in [6.45, 7) is 2.82. The van der Waals surface area contributed by atoms with Gasteiger partial charge in [0.05, 0.1) is 6.54 Å². The van der Waals surface area contributed by atoms with Crippen LogP contribution in [-0.2, 0) is 6.54 Å². The van der Waals surface area contributed by atoms with Gasteiger partial charge in [-0.25, -0.2) is 4.98 Å². The lowest BCUT2D eigenvalue weighted by atomic mass is 9.91. The number of rotatable bonds is 2. The maximum atomic E-state index is 12.5. The van der Waals surface area contributed by atoms with Gasteiger partial charge in [0.1, 0.15) is 16.9 Å². The number of piperazine rings is 1. The Morgan fingerprint density at radius 1 is 1.32 bits per heavy atom. The second kappa shape index (κ2) is 5.65. The lowest BCUT2D eigenvalue weighted by Gasteiger charge is -2.50. The van der Waals surface area contributed by atoms with Gasteiger partial charge in [-0.1, -0.05) is 15.9 Å². The third kappa shape index (κ3) is 2.53. The van der Waals surface area contributed by atoms with Crippen molar-refractivity contribution in [2.75, 3.05) is 20.1 Å². The maximum Gasteiger partial charge on any atom is 0.294 e. The number of aromatic amines is 1. The van der Waals surface area contributed by atoms with E-state index in [0.717, 1.165) is 28.8 Å². The van der Waals surface area contributed by atoms with E-state index in [2.05, 4.69) is 37.8 Å². The van der Waals surface area contributed by atoms with Gasteiger partial charge in [-0.2, -0.15) is 0 Å². The standard InChI is InChI=1S/C18H19BrN4O2/c1-22-7-12-4-3-11(22)8-23(12)9-15-20-16-13-6-10(19)2-5-14(13)25-17(16)18(24)21-15/h2,5-6,11-12H,3-4,7-9H2,1H3,(H,20,21,24)/t11-,12+/m1/s1. The number of halogens is 1. The van der Waals surface area contributed by atoms with Crippen molar-refractivity contribution >= 4 is 38.0 Å². The van der Waals surface area contributed by atoms with Crippen molar-refractivity contribution in [3.8, 4) is 0 Å². The highest BCUT2D eigenvalue weighted by molar-refractivity contribution is 9.10. The fourth-order valence-electron chi connectivity index (χ4n) is 4.26. The molecule has 130 valence electrons. The van der Waals surface area contributed by atoms with Gasteiger partial charge in [0.15, 0.2) is 0 Å². The number of furan rings is 1. The number of aromatic nitrogens is 2. The Kier molecular flexibility index (Phi) is 3.52. The molecule has 6 nitrogen and oxygen atoms in total. The number of piperidine rings is 2. The summed E-state index contributed by atoms with van der Waals surface area (Å²) in [5.74, 6) is 0.718. The first-order valence-corrected chi connectivity index (χ1v) is 9.43. The van der Waals surface area contributed by atoms with Gasteiger partial charge in [-0.15, -0.1) is 0 Å². The highest BCUT2D eigenvalue weighted by Crippen LogP contribution is 2.30. The molecular weight excluding hydrogens is 384 g/mol. The molecule has 0 saturated carbocycles. The molecule has 3 aromatic rings. The van der Waals surface area contributed by atoms with Crippen molar-refractivity contribution in [1.29, 1.82) is 0 Å². The van der Waals surface area contributed by atoms with E-state index < -0.39 is 0 Å². The van der Waals surface area contributed by atoms with E-state index in [1.165, 1.54) is 12.8 Å². The van der Waals surface area contributed by atoms with Gasteiger partial charge >= 0.3 is 0 Å². The highest BCUT2D eigenvalue weighted by Gasteiger charge is 2.37. The van der Waals surface area contributed by atoms with Gasteiger partial charge in [-0.05, 0) is 38.1 Å².